The molecule has 5 nitrogen and oxygen atoms in total. The van der Waals surface area contributed by atoms with Crippen LogP contribution in [0, 0.1) is 11.8 Å². The van der Waals surface area contributed by atoms with E-state index in [4.69, 9.17) is 4.74 Å². The van der Waals surface area contributed by atoms with E-state index in [0.717, 1.165) is 5.56 Å². The lowest BCUT2D eigenvalue weighted by Gasteiger charge is -2.18. The highest BCUT2D eigenvalue weighted by molar-refractivity contribution is 5.74. The molecule has 0 bridgehead atoms. The van der Waals surface area contributed by atoms with E-state index < -0.39 is 0 Å². The van der Waals surface area contributed by atoms with Gasteiger partial charge in [0.2, 0.25) is 5.88 Å². The number of nitrogens with one attached hydrogen (secondary N) is 2. The van der Waals surface area contributed by atoms with Crippen LogP contribution < -0.4 is 15.4 Å². The second-order valence-electron chi connectivity index (χ2n) is 6.70. The van der Waals surface area contributed by atoms with Crippen LogP contribution in [0.1, 0.15) is 45.1 Å². The second-order valence-corrected chi connectivity index (χ2v) is 6.70. The van der Waals surface area contributed by atoms with E-state index in [1.807, 2.05) is 26.0 Å². The third kappa shape index (κ3) is 4.36. The molecule has 120 valence electrons. The maximum atomic E-state index is 12.0. The van der Waals surface area contributed by atoms with Crippen LogP contribution in [0.3, 0.4) is 0 Å². The molecule has 1 aromatic rings. The maximum absolute atomic E-state index is 12.0. The van der Waals surface area contributed by atoms with Crippen molar-refractivity contribution in [3.8, 4) is 5.88 Å². The predicted molar refractivity (Wildman–Crippen MR) is 84.6 cm³/mol. The Balaban J connectivity index is 1.44. The molecule has 0 unspecified atom stereocenters. The Labute approximate surface area is 131 Å². The molecule has 3 rings (SSSR count). The second kappa shape index (κ2) is 6.55. The van der Waals surface area contributed by atoms with Gasteiger partial charge in [0.05, 0.1) is 6.10 Å². The van der Waals surface area contributed by atoms with Crippen molar-refractivity contribution in [2.75, 3.05) is 0 Å². The van der Waals surface area contributed by atoms with Crippen molar-refractivity contribution >= 4 is 6.03 Å². The van der Waals surface area contributed by atoms with Crippen LogP contribution >= 0.6 is 0 Å². The van der Waals surface area contributed by atoms with Crippen LogP contribution in [0.5, 0.6) is 5.88 Å². The largest absolute Gasteiger partial charge is 0.475 e. The molecule has 0 aliphatic heterocycles. The maximum Gasteiger partial charge on any atom is 0.315 e. The zero-order valence-corrected chi connectivity index (χ0v) is 13.3. The number of nitrogens with zero attached hydrogens (tertiary/aromatic N) is 1. The molecule has 0 saturated heterocycles. The van der Waals surface area contributed by atoms with Gasteiger partial charge in [-0.2, -0.15) is 0 Å². The van der Waals surface area contributed by atoms with E-state index in [1.54, 1.807) is 6.20 Å². The van der Waals surface area contributed by atoms with Crippen LogP contribution in [0.2, 0.25) is 0 Å². The fraction of sp³-hybridized carbons (Fsp3) is 0.647. The molecule has 2 aliphatic carbocycles. The minimum Gasteiger partial charge on any atom is -0.475 e. The molecule has 0 atom stereocenters. The van der Waals surface area contributed by atoms with Gasteiger partial charge in [0.1, 0.15) is 0 Å². The number of aromatic nitrogens is 1. The first kappa shape index (κ1) is 15.1. The molecule has 2 fully saturated rings. The zero-order valence-electron chi connectivity index (χ0n) is 13.3. The first-order chi connectivity index (χ1) is 10.6. The monoisotopic (exact) mass is 303 g/mol. The zero-order chi connectivity index (χ0) is 15.5. The summed E-state index contributed by atoms with van der Waals surface area (Å²) in [5, 5.41) is 6.08. The normalized spacial score (nSPS) is 17.6. The summed E-state index contributed by atoms with van der Waals surface area (Å²) in [5.74, 6) is 2.05. The lowest BCUT2D eigenvalue weighted by molar-refractivity contribution is 0.232. The molecule has 22 heavy (non-hydrogen) atoms. The van der Waals surface area contributed by atoms with Gasteiger partial charge in [-0.1, -0.05) is 6.07 Å². The van der Waals surface area contributed by atoms with E-state index in [-0.39, 0.29) is 12.1 Å². The Hall–Kier alpha value is -1.78. The van der Waals surface area contributed by atoms with Gasteiger partial charge < -0.3 is 15.4 Å². The van der Waals surface area contributed by atoms with E-state index in [9.17, 15) is 4.79 Å². The Kier molecular flexibility index (Phi) is 4.50. The highest BCUT2D eigenvalue weighted by atomic mass is 16.5. The van der Waals surface area contributed by atoms with Gasteiger partial charge >= 0.3 is 6.03 Å². The fourth-order valence-electron chi connectivity index (χ4n) is 2.74. The van der Waals surface area contributed by atoms with Crippen molar-refractivity contribution in [1.82, 2.24) is 15.6 Å². The number of rotatable bonds is 7. The molecular weight excluding hydrogens is 278 g/mol. The van der Waals surface area contributed by atoms with Crippen LogP contribution in [0.25, 0.3) is 0 Å². The first-order valence-corrected chi connectivity index (χ1v) is 8.28. The third-order valence-corrected chi connectivity index (χ3v) is 4.16. The van der Waals surface area contributed by atoms with Crippen molar-refractivity contribution < 1.29 is 9.53 Å². The van der Waals surface area contributed by atoms with Gasteiger partial charge in [0.25, 0.3) is 0 Å². The highest BCUT2D eigenvalue weighted by Crippen LogP contribution is 2.44. The number of pyridine rings is 1. The molecule has 1 heterocycles. The molecular formula is C17H25N3O2. The molecule has 5 heteroatoms. The topological polar surface area (TPSA) is 63.2 Å². The minimum atomic E-state index is -0.0636. The van der Waals surface area contributed by atoms with Crippen LogP contribution in [0.15, 0.2) is 18.3 Å². The Morgan fingerprint density at radius 3 is 2.45 bits per heavy atom. The first-order valence-electron chi connectivity index (χ1n) is 8.28. The lowest BCUT2D eigenvalue weighted by Crippen LogP contribution is -2.44. The average molecular weight is 303 g/mol. The Morgan fingerprint density at radius 2 is 1.95 bits per heavy atom. The van der Waals surface area contributed by atoms with Gasteiger partial charge in [-0.05, 0) is 56.9 Å². The highest BCUT2D eigenvalue weighted by Gasteiger charge is 2.42. The number of urea groups is 1. The quantitative estimate of drug-likeness (QED) is 0.814. The Bertz CT molecular complexity index is 495. The van der Waals surface area contributed by atoms with Gasteiger partial charge in [-0.15, -0.1) is 0 Å². The standard InChI is InChI=1S/C17H25N3O2/c1-11(2)22-15-8-3-12(9-18-15)10-19-17(21)20-16(13-4-5-13)14-6-7-14/h3,8-9,11,13-14,16H,4-7,10H2,1-2H3,(H2,19,20,21). The van der Waals surface area contributed by atoms with Gasteiger partial charge in [-0.25, -0.2) is 9.78 Å². The number of carbonyl (C=O) groups is 1. The van der Waals surface area contributed by atoms with Crippen molar-refractivity contribution in [3.63, 3.8) is 0 Å². The molecule has 0 spiro atoms. The van der Waals surface area contributed by atoms with Crippen molar-refractivity contribution in [2.24, 2.45) is 11.8 Å². The summed E-state index contributed by atoms with van der Waals surface area (Å²) >= 11 is 0. The molecule has 1 aromatic heterocycles. The summed E-state index contributed by atoms with van der Waals surface area (Å²) in [7, 11) is 0. The predicted octanol–water partition coefficient (Wildman–Crippen LogP) is 2.86. The van der Waals surface area contributed by atoms with Crippen molar-refractivity contribution in [3.05, 3.63) is 23.9 Å². The number of hydrogen-bond acceptors (Lipinski definition) is 3. The van der Waals surface area contributed by atoms with Gasteiger partial charge in [0.15, 0.2) is 0 Å². The fourth-order valence-corrected chi connectivity index (χ4v) is 2.74. The summed E-state index contributed by atoms with van der Waals surface area (Å²) in [5.41, 5.74) is 0.973. The smallest absolute Gasteiger partial charge is 0.315 e. The van der Waals surface area contributed by atoms with Crippen LogP contribution in [-0.2, 0) is 6.54 Å². The van der Waals surface area contributed by atoms with Crippen molar-refractivity contribution in [1.29, 1.82) is 0 Å². The molecule has 0 radical (unpaired) electrons. The van der Waals surface area contributed by atoms with E-state index in [1.165, 1.54) is 25.7 Å². The van der Waals surface area contributed by atoms with Crippen LogP contribution in [0.4, 0.5) is 4.79 Å². The van der Waals surface area contributed by atoms with Crippen LogP contribution in [-0.4, -0.2) is 23.2 Å². The summed E-state index contributed by atoms with van der Waals surface area (Å²) < 4.78 is 5.50. The molecule has 2 saturated carbocycles. The number of carbonyl (C=O) groups excluding carboxylic acids is 1. The number of ether oxygens (including phenoxy) is 1. The SMILES string of the molecule is CC(C)Oc1ccc(CNC(=O)NC(C2CC2)C2CC2)cn1. The molecule has 2 amide bonds. The summed E-state index contributed by atoms with van der Waals surface area (Å²) in [6.07, 6.45) is 6.93. The van der Waals surface area contributed by atoms with Gasteiger partial charge in [0, 0.05) is 24.8 Å². The molecule has 2 aliphatic rings. The Morgan fingerprint density at radius 1 is 1.27 bits per heavy atom. The molecule has 2 N–H and O–H groups in total. The average Bonchev–Trinajstić information content (AvgIpc) is 3.37. The lowest BCUT2D eigenvalue weighted by atomic mass is 10.1. The van der Waals surface area contributed by atoms with E-state index in [2.05, 4.69) is 15.6 Å². The van der Waals surface area contributed by atoms with Crippen molar-refractivity contribution in [2.45, 2.75) is 58.2 Å². The van der Waals surface area contributed by atoms with E-state index in [0.29, 0.717) is 30.3 Å². The molecule has 0 aromatic carbocycles. The van der Waals surface area contributed by atoms with E-state index >= 15 is 0 Å². The third-order valence-electron chi connectivity index (χ3n) is 4.16. The minimum absolute atomic E-state index is 0.0636. The van der Waals surface area contributed by atoms with Gasteiger partial charge in [-0.3, -0.25) is 0 Å². The summed E-state index contributed by atoms with van der Waals surface area (Å²) in [6, 6.07) is 4.10. The summed E-state index contributed by atoms with van der Waals surface area (Å²) in [4.78, 5) is 16.3. The number of amides is 2. The number of hydrogen-bond donors (Lipinski definition) is 2. The summed E-state index contributed by atoms with van der Waals surface area (Å²) in [6.45, 7) is 4.43.